The third-order valence-corrected chi connectivity index (χ3v) is 3.38. The smallest absolute Gasteiger partial charge is 0.160 e. The second kappa shape index (κ2) is 5.27. The summed E-state index contributed by atoms with van der Waals surface area (Å²) in [7, 11) is 0. The Bertz CT molecular complexity index is 626. The molecule has 0 aromatic heterocycles. The van der Waals surface area contributed by atoms with Gasteiger partial charge in [0.1, 0.15) is 6.10 Å². The van der Waals surface area contributed by atoms with Gasteiger partial charge in [0.2, 0.25) is 0 Å². The number of hydrogen-bond donors (Lipinski definition) is 1. The highest BCUT2D eigenvalue weighted by molar-refractivity contribution is 6.31. The quantitative estimate of drug-likeness (QED) is 0.814. The van der Waals surface area contributed by atoms with Crippen LogP contribution in [0, 0.1) is 25.5 Å². The van der Waals surface area contributed by atoms with Crippen LogP contribution in [0.5, 0.6) is 0 Å². The maximum Gasteiger partial charge on any atom is 0.160 e. The molecular formula is C15H13ClF2O. The molecule has 1 atom stereocenters. The first-order valence-electron chi connectivity index (χ1n) is 5.80. The van der Waals surface area contributed by atoms with Crippen molar-refractivity contribution >= 4 is 11.6 Å². The molecule has 0 amide bonds. The fourth-order valence-corrected chi connectivity index (χ4v) is 2.30. The van der Waals surface area contributed by atoms with E-state index in [1.807, 2.05) is 26.0 Å². The van der Waals surface area contributed by atoms with Crippen LogP contribution in [0.25, 0.3) is 0 Å². The van der Waals surface area contributed by atoms with Crippen LogP contribution in [0.3, 0.4) is 0 Å². The third-order valence-electron chi connectivity index (χ3n) is 3.05. The van der Waals surface area contributed by atoms with Gasteiger partial charge in [0, 0.05) is 10.6 Å². The molecule has 0 radical (unpaired) electrons. The molecule has 0 bridgehead atoms. The zero-order chi connectivity index (χ0) is 14.2. The van der Waals surface area contributed by atoms with E-state index in [0.29, 0.717) is 5.56 Å². The number of aryl methyl sites for hydroxylation is 2. The summed E-state index contributed by atoms with van der Waals surface area (Å²) in [6.45, 7) is 3.78. The van der Waals surface area contributed by atoms with Crippen LogP contribution in [0.15, 0.2) is 30.3 Å². The molecule has 0 aliphatic heterocycles. The van der Waals surface area contributed by atoms with E-state index in [1.54, 1.807) is 6.07 Å². The van der Waals surface area contributed by atoms with Crippen molar-refractivity contribution in [1.82, 2.24) is 0 Å². The molecule has 2 aromatic rings. The van der Waals surface area contributed by atoms with Crippen molar-refractivity contribution in [2.24, 2.45) is 0 Å². The van der Waals surface area contributed by atoms with E-state index in [0.717, 1.165) is 23.3 Å². The van der Waals surface area contributed by atoms with Crippen LogP contribution in [0.2, 0.25) is 5.02 Å². The summed E-state index contributed by atoms with van der Waals surface area (Å²) in [5.41, 5.74) is 2.71. The number of hydrogen-bond acceptors (Lipinski definition) is 1. The summed E-state index contributed by atoms with van der Waals surface area (Å²) in [6.07, 6.45) is -1.08. The van der Waals surface area contributed by atoms with Gasteiger partial charge < -0.3 is 5.11 Å². The minimum absolute atomic E-state index is 0.00590. The summed E-state index contributed by atoms with van der Waals surface area (Å²) in [6, 6.07) is 7.32. The van der Waals surface area contributed by atoms with Crippen molar-refractivity contribution in [3.05, 3.63) is 69.2 Å². The monoisotopic (exact) mass is 282 g/mol. The average Bonchev–Trinajstić information content (AvgIpc) is 2.33. The standard InChI is InChI=1S/C15H13ClF2O/c1-8-3-4-10(9(2)5-8)15(19)11-6-13(17)14(18)7-12(11)16/h3-7,15,19H,1-2H3. The van der Waals surface area contributed by atoms with Gasteiger partial charge in [0.15, 0.2) is 11.6 Å². The van der Waals surface area contributed by atoms with Gasteiger partial charge in [-0.2, -0.15) is 0 Å². The van der Waals surface area contributed by atoms with Gasteiger partial charge in [-0.05, 0) is 37.1 Å². The van der Waals surface area contributed by atoms with Gasteiger partial charge in [-0.1, -0.05) is 35.4 Å². The molecule has 0 spiro atoms. The van der Waals surface area contributed by atoms with Crippen molar-refractivity contribution in [1.29, 1.82) is 0 Å². The number of aliphatic hydroxyl groups excluding tert-OH is 1. The molecule has 100 valence electrons. The lowest BCUT2D eigenvalue weighted by Crippen LogP contribution is -2.04. The van der Waals surface area contributed by atoms with Crippen molar-refractivity contribution in [3.63, 3.8) is 0 Å². The van der Waals surface area contributed by atoms with Crippen molar-refractivity contribution < 1.29 is 13.9 Å². The maximum absolute atomic E-state index is 13.3. The van der Waals surface area contributed by atoms with Crippen LogP contribution < -0.4 is 0 Å². The molecule has 0 saturated heterocycles. The van der Waals surface area contributed by atoms with Crippen LogP contribution in [-0.4, -0.2) is 5.11 Å². The number of halogens is 3. The Hall–Kier alpha value is -1.45. The molecule has 4 heteroatoms. The Morgan fingerprint density at radius 2 is 1.63 bits per heavy atom. The second-order valence-corrected chi connectivity index (χ2v) is 4.96. The zero-order valence-electron chi connectivity index (χ0n) is 10.5. The fraction of sp³-hybridized carbons (Fsp3) is 0.200. The molecule has 0 saturated carbocycles. The molecule has 0 fully saturated rings. The third kappa shape index (κ3) is 2.77. The van der Waals surface area contributed by atoms with Crippen LogP contribution in [0.4, 0.5) is 8.78 Å². The molecule has 1 nitrogen and oxygen atoms in total. The van der Waals surface area contributed by atoms with Gasteiger partial charge in [-0.15, -0.1) is 0 Å². The first kappa shape index (κ1) is 14.0. The number of benzene rings is 2. The Kier molecular flexibility index (Phi) is 3.88. The van der Waals surface area contributed by atoms with Gasteiger partial charge in [-0.3, -0.25) is 0 Å². The van der Waals surface area contributed by atoms with Crippen molar-refractivity contribution in [3.8, 4) is 0 Å². The Morgan fingerprint density at radius 3 is 2.26 bits per heavy atom. The minimum atomic E-state index is -1.08. The second-order valence-electron chi connectivity index (χ2n) is 4.55. The SMILES string of the molecule is Cc1ccc(C(O)c2cc(F)c(F)cc2Cl)c(C)c1. The van der Waals surface area contributed by atoms with E-state index in [2.05, 4.69) is 0 Å². The fourth-order valence-electron chi connectivity index (χ4n) is 2.05. The van der Waals surface area contributed by atoms with E-state index in [1.165, 1.54) is 0 Å². The molecule has 2 rings (SSSR count). The summed E-state index contributed by atoms with van der Waals surface area (Å²) in [5.74, 6) is -2.05. The van der Waals surface area contributed by atoms with Crippen LogP contribution >= 0.6 is 11.6 Å². The molecule has 1 N–H and O–H groups in total. The molecule has 0 heterocycles. The lowest BCUT2D eigenvalue weighted by molar-refractivity contribution is 0.219. The predicted molar refractivity (Wildman–Crippen MR) is 71.3 cm³/mol. The first-order chi connectivity index (χ1) is 8.90. The average molecular weight is 283 g/mol. The van der Waals surface area contributed by atoms with E-state index < -0.39 is 17.7 Å². The summed E-state index contributed by atoms with van der Waals surface area (Å²) < 4.78 is 26.3. The number of rotatable bonds is 2. The molecule has 0 aliphatic carbocycles. The zero-order valence-corrected chi connectivity index (χ0v) is 11.3. The Balaban J connectivity index is 2.49. The molecule has 2 aromatic carbocycles. The lowest BCUT2D eigenvalue weighted by Gasteiger charge is -2.16. The van der Waals surface area contributed by atoms with Crippen molar-refractivity contribution in [2.45, 2.75) is 20.0 Å². The maximum atomic E-state index is 13.3. The highest BCUT2D eigenvalue weighted by Gasteiger charge is 2.18. The van der Waals surface area contributed by atoms with E-state index in [-0.39, 0.29) is 10.6 Å². The molecule has 1 unspecified atom stereocenters. The van der Waals surface area contributed by atoms with Gasteiger partial charge >= 0.3 is 0 Å². The van der Waals surface area contributed by atoms with E-state index in [9.17, 15) is 13.9 Å². The lowest BCUT2D eigenvalue weighted by atomic mass is 9.96. The first-order valence-corrected chi connectivity index (χ1v) is 6.17. The summed E-state index contributed by atoms with van der Waals surface area (Å²) in [4.78, 5) is 0. The highest BCUT2D eigenvalue weighted by atomic mass is 35.5. The van der Waals surface area contributed by atoms with Gasteiger partial charge in [0.25, 0.3) is 0 Å². The Morgan fingerprint density at radius 1 is 1.00 bits per heavy atom. The largest absolute Gasteiger partial charge is 0.384 e. The van der Waals surface area contributed by atoms with Crippen molar-refractivity contribution in [2.75, 3.05) is 0 Å². The predicted octanol–water partition coefficient (Wildman–Crippen LogP) is 4.32. The van der Waals surface area contributed by atoms with Gasteiger partial charge in [-0.25, -0.2) is 8.78 Å². The molecule has 0 aliphatic rings. The number of aliphatic hydroxyl groups is 1. The normalized spacial score (nSPS) is 12.5. The molecule has 19 heavy (non-hydrogen) atoms. The summed E-state index contributed by atoms with van der Waals surface area (Å²) in [5, 5.41) is 10.3. The van der Waals surface area contributed by atoms with Gasteiger partial charge in [0.05, 0.1) is 0 Å². The highest BCUT2D eigenvalue weighted by Crippen LogP contribution is 2.31. The minimum Gasteiger partial charge on any atom is -0.384 e. The summed E-state index contributed by atoms with van der Waals surface area (Å²) >= 11 is 5.86. The topological polar surface area (TPSA) is 20.2 Å². The van der Waals surface area contributed by atoms with E-state index in [4.69, 9.17) is 11.6 Å². The van der Waals surface area contributed by atoms with Crippen LogP contribution in [-0.2, 0) is 0 Å². The molecular weight excluding hydrogens is 270 g/mol. The Labute approximate surface area is 115 Å². The van der Waals surface area contributed by atoms with E-state index >= 15 is 0 Å². The van der Waals surface area contributed by atoms with Crippen LogP contribution in [0.1, 0.15) is 28.4 Å².